The first-order valence-electron chi connectivity index (χ1n) is 14.1. The van der Waals surface area contributed by atoms with Crippen LogP contribution in [0.1, 0.15) is 61.1 Å². The summed E-state index contributed by atoms with van der Waals surface area (Å²) in [6, 6.07) is 24.4. The molecule has 5 rings (SSSR count). The lowest BCUT2D eigenvalue weighted by molar-refractivity contribution is -0.478. The zero-order valence-corrected chi connectivity index (χ0v) is 22.7. The number of carbonyl (C=O) groups excluding carboxylic acids is 1. The fourth-order valence-corrected chi connectivity index (χ4v) is 5.79. The number of carboxylic acid groups (broad SMARTS) is 1. The Morgan fingerprint density at radius 1 is 0.925 bits per heavy atom. The van der Waals surface area contributed by atoms with Crippen molar-refractivity contribution in [1.29, 1.82) is 5.41 Å². The number of quaternary nitrogens is 1. The monoisotopic (exact) mass is 534 g/mol. The number of anilines is 2. The van der Waals surface area contributed by atoms with Gasteiger partial charge < -0.3 is 10.0 Å². The van der Waals surface area contributed by atoms with E-state index in [1.165, 1.54) is 66.0 Å². The Kier molecular flexibility index (Phi) is 8.67. The van der Waals surface area contributed by atoms with E-state index in [0.29, 0.717) is 11.6 Å². The number of amides is 1. The third-order valence-electron chi connectivity index (χ3n) is 7.90. The number of primary amides is 1. The van der Waals surface area contributed by atoms with Gasteiger partial charge in [0.25, 0.3) is 0 Å². The van der Waals surface area contributed by atoms with Crippen LogP contribution < -0.4 is 10.2 Å². The van der Waals surface area contributed by atoms with Crippen LogP contribution in [0.5, 0.6) is 0 Å². The molecule has 1 heterocycles. The van der Waals surface area contributed by atoms with E-state index < -0.39 is 17.6 Å². The highest BCUT2D eigenvalue weighted by Crippen LogP contribution is 2.37. The minimum absolute atomic E-state index is 0.159. The third-order valence-corrected chi connectivity index (χ3v) is 7.90. The normalized spacial score (nSPS) is 16.1. The van der Waals surface area contributed by atoms with Crippen molar-refractivity contribution in [2.75, 3.05) is 11.4 Å². The first kappa shape index (κ1) is 27.3. The molecule has 1 saturated carbocycles. The van der Waals surface area contributed by atoms with Gasteiger partial charge in [-0.25, -0.2) is 14.9 Å². The van der Waals surface area contributed by atoms with Crippen LogP contribution >= 0.6 is 0 Å². The van der Waals surface area contributed by atoms with Gasteiger partial charge in [-0.2, -0.15) is 0 Å². The summed E-state index contributed by atoms with van der Waals surface area (Å²) in [4.78, 5) is 26.7. The van der Waals surface area contributed by atoms with Crippen molar-refractivity contribution in [3.8, 4) is 0 Å². The summed E-state index contributed by atoms with van der Waals surface area (Å²) in [5.41, 5.74) is 5.90. The van der Waals surface area contributed by atoms with Gasteiger partial charge in [-0.15, -0.1) is 0 Å². The molecule has 0 saturated heterocycles. The van der Waals surface area contributed by atoms with Crippen molar-refractivity contribution in [2.45, 2.75) is 50.9 Å². The Hall–Kier alpha value is -4.29. The lowest BCUT2D eigenvalue weighted by Crippen LogP contribution is -2.83. The van der Waals surface area contributed by atoms with Crippen LogP contribution in [0.3, 0.4) is 0 Å². The van der Waals surface area contributed by atoms with Crippen LogP contribution in [-0.2, 0) is 16.0 Å². The molecule has 1 aliphatic heterocycles. The summed E-state index contributed by atoms with van der Waals surface area (Å²) >= 11 is 0. The van der Waals surface area contributed by atoms with Crippen molar-refractivity contribution in [3.05, 3.63) is 107 Å². The molecule has 3 aromatic rings. The van der Waals surface area contributed by atoms with E-state index in [-0.39, 0.29) is 5.57 Å². The van der Waals surface area contributed by atoms with Crippen LogP contribution in [0, 0.1) is 5.41 Å². The number of benzene rings is 3. The lowest BCUT2D eigenvalue weighted by Gasteiger charge is -2.32. The van der Waals surface area contributed by atoms with Crippen LogP contribution in [0.25, 0.3) is 6.08 Å². The molecule has 0 aromatic heterocycles. The summed E-state index contributed by atoms with van der Waals surface area (Å²) in [5.74, 6) is -1.25. The number of allylic oxidation sites excluding steroid dienone is 2. The molecule has 6 nitrogen and oxygen atoms in total. The fourth-order valence-electron chi connectivity index (χ4n) is 5.79. The van der Waals surface area contributed by atoms with Crippen LogP contribution in [-0.4, -0.2) is 29.2 Å². The maximum atomic E-state index is 12.8. The number of nitrogens with one attached hydrogen (secondary N) is 1. The standard InChI is InChI=1S/C34H35N3O3/c35-32(34(39)40)30(33(38)36-28-13-5-2-6-14-28)15-7-9-24-16-21-31-27(23-24)12-8-22-37(31)29-19-17-26(18-20-29)25-10-3-1-4-11-25/h2,5-7,9,13-21,23,25,35H,1,3-4,8,10-12,22H2,(H,36,38)(H,39,40)/p+1/b9-7+,30-15-,35-32?. The highest BCUT2D eigenvalue weighted by Gasteiger charge is 2.24. The number of aryl methyl sites for hydroxylation is 1. The predicted octanol–water partition coefficient (Wildman–Crippen LogP) is 6.28. The minimum Gasteiger partial charge on any atom is -0.477 e. The Balaban J connectivity index is 1.32. The molecule has 6 heteroatoms. The molecule has 0 atom stereocenters. The van der Waals surface area contributed by atoms with Crippen LogP contribution in [0.4, 0.5) is 17.1 Å². The van der Waals surface area contributed by atoms with Crippen molar-refractivity contribution in [1.82, 2.24) is 0 Å². The van der Waals surface area contributed by atoms with E-state index in [2.05, 4.69) is 41.3 Å². The predicted molar refractivity (Wildman–Crippen MR) is 160 cm³/mol. The third kappa shape index (κ3) is 6.46. The zero-order valence-electron chi connectivity index (χ0n) is 22.7. The lowest BCUT2D eigenvalue weighted by atomic mass is 9.84. The number of hydrogen-bond donors (Lipinski definition) is 3. The van der Waals surface area contributed by atoms with Gasteiger partial charge in [0.2, 0.25) is 0 Å². The Morgan fingerprint density at radius 2 is 1.68 bits per heavy atom. The van der Waals surface area contributed by atoms with Crippen molar-refractivity contribution < 1.29 is 20.0 Å². The SMILES string of the molecule is N=C(C(=O)O)/C(=C/C=C/c1ccc2c(c1)CCCN2c1ccc(C2CCCCC2)cc1)C(=O)[NH2+]c1ccccc1. The minimum atomic E-state index is -1.44. The first-order valence-corrected chi connectivity index (χ1v) is 14.1. The van der Waals surface area contributed by atoms with Crippen LogP contribution in [0.15, 0.2) is 90.5 Å². The second-order valence-electron chi connectivity index (χ2n) is 10.6. The molecule has 0 bridgehead atoms. The summed E-state index contributed by atoms with van der Waals surface area (Å²) in [6.07, 6.45) is 13.6. The van der Waals surface area contributed by atoms with E-state index in [1.54, 1.807) is 30.3 Å². The Labute approximate surface area is 235 Å². The largest absolute Gasteiger partial charge is 0.477 e. The number of hydrogen-bond acceptors (Lipinski definition) is 4. The number of carbonyl (C=O) groups is 2. The van der Waals surface area contributed by atoms with E-state index in [4.69, 9.17) is 5.41 Å². The van der Waals surface area contributed by atoms with Crippen molar-refractivity contribution in [3.63, 3.8) is 0 Å². The van der Waals surface area contributed by atoms with Gasteiger partial charge in [-0.05, 0) is 90.8 Å². The molecular weight excluding hydrogens is 498 g/mol. The zero-order chi connectivity index (χ0) is 27.9. The van der Waals surface area contributed by atoms with Gasteiger partial charge in [0.1, 0.15) is 11.3 Å². The molecule has 1 amide bonds. The molecular formula is C34H36N3O3+. The molecule has 1 aliphatic carbocycles. The van der Waals surface area contributed by atoms with E-state index in [0.717, 1.165) is 24.9 Å². The van der Waals surface area contributed by atoms with E-state index >= 15 is 0 Å². The quantitative estimate of drug-likeness (QED) is 0.137. The molecule has 4 N–H and O–H groups in total. The van der Waals surface area contributed by atoms with Crippen molar-refractivity contribution in [2.24, 2.45) is 0 Å². The highest BCUT2D eigenvalue weighted by molar-refractivity contribution is 6.47. The summed E-state index contributed by atoms with van der Waals surface area (Å²) < 4.78 is 0. The van der Waals surface area contributed by atoms with Crippen LogP contribution in [0.2, 0.25) is 0 Å². The molecule has 0 spiro atoms. The number of rotatable bonds is 8. The number of nitrogens with zero attached hydrogens (tertiary/aromatic N) is 1. The Morgan fingerprint density at radius 3 is 2.40 bits per heavy atom. The summed E-state index contributed by atoms with van der Waals surface area (Å²) in [6.45, 7) is 0.981. The summed E-state index contributed by atoms with van der Waals surface area (Å²) in [7, 11) is 0. The number of aliphatic carboxylic acids is 1. The number of nitrogens with two attached hydrogens (primary N) is 1. The summed E-state index contributed by atoms with van der Waals surface area (Å²) in [5, 5.41) is 18.6. The maximum absolute atomic E-state index is 12.8. The van der Waals surface area contributed by atoms with Crippen molar-refractivity contribution >= 4 is 40.7 Å². The topological polar surface area (TPSA) is 98.1 Å². The second kappa shape index (κ2) is 12.7. The molecule has 3 aromatic carbocycles. The van der Waals surface area contributed by atoms with Gasteiger partial charge in [0.05, 0.1) is 0 Å². The molecule has 2 aliphatic rings. The number of para-hydroxylation sites is 1. The van der Waals surface area contributed by atoms with Gasteiger partial charge in [0.15, 0.2) is 5.71 Å². The Bertz CT molecular complexity index is 1440. The van der Waals surface area contributed by atoms with Gasteiger partial charge in [0, 0.05) is 17.9 Å². The molecule has 0 radical (unpaired) electrons. The molecule has 40 heavy (non-hydrogen) atoms. The van der Waals surface area contributed by atoms with E-state index in [9.17, 15) is 14.7 Å². The number of fused-ring (bicyclic) bond motifs is 1. The highest BCUT2D eigenvalue weighted by atomic mass is 16.4. The smallest absolute Gasteiger partial charge is 0.354 e. The van der Waals surface area contributed by atoms with Gasteiger partial charge in [-0.3, -0.25) is 5.41 Å². The average Bonchev–Trinajstić information content (AvgIpc) is 2.99. The van der Waals surface area contributed by atoms with Gasteiger partial charge >= 0.3 is 11.9 Å². The molecule has 1 fully saturated rings. The fraction of sp³-hybridized carbons (Fsp3) is 0.265. The molecule has 204 valence electrons. The second-order valence-corrected chi connectivity index (χ2v) is 10.6. The van der Waals surface area contributed by atoms with E-state index in [1.807, 2.05) is 18.2 Å². The molecule has 0 unspecified atom stereocenters. The average molecular weight is 535 g/mol. The maximum Gasteiger partial charge on any atom is 0.354 e. The van der Waals surface area contributed by atoms with Gasteiger partial charge in [-0.1, -0.05) is 67.8 Å². The first-order chi connectivity index (χ1) is 19.5. The number of carboxylic acids is 1.